The Labute approximate surface area is 154 Å². The Balaban J connectivity index is 2.07. The minimum atomic E-state index is -0.232. The van der Waals surface area contributed by atoms with Crippen LogP contribution in [-0.2, 0) is 0 Å². The van der Waals surface area contributed by atoms with Crippen LogP contribution in [0.1, 0.15) is 30.1 Å². The molecule has 0 aromatic heterocycles. The van der Waals surface area contributed by atoms with Crippen molar-refractivity contribution in [1.82, 2.24) is 0 Å². The highest BCUT2D eigenvalue weighted by Crippen LogP contribution is 2.28. The minimum Gasteiger partial charge on any atom is -0.492 e. The molecule has 0 radical (unpaired) electrons. The predicted molar refractivity (Wildman–Crippen MR) is 99.0 cm³/mol. The number of carbonyl (C=O) groups excluding carboxylic acids is 1. The van der Waals surface area contributed by atoms with Crippen LogP contribution in [0.25, 0.3) is 0 Å². The molecule has 1 amide bonds. The van der Waals surface area contributed by atoms with E-state index in [0.717, 1.165) is 23.1 Å². The van der Waals surface area contributed by atoms with Crippen LogP contribution < -0.4 is 10.1 Å². The van der Waals surface area contributed by atoms with Gasteiger partial charge in [-0.3, -0.25) is 4.79 Å². The number of anilines is 1. The van der Waals surface area contributed by atoms with Crippen LogP contribution in [0.4, 0.5) is 5.69 Å². The van der Waals surface area contributed by atoms with Gasteiger partial charge in [-0.05, 0) is 58.7 Å². The fourth-order valence-electron chi connectivity index (χ4n) is 1.86. The first-order chi connectivity index (χ1) is 11.0. The van der Waals surface area contributed by atoms with Gasteiger partial charge in [-0.2, -0.15) is 0 Å². The summed E-state index contributed by atoms with van der Waals surface area (Å²) in [5.74, 6) is 0.494. The second-order valence-corrected chi connectivity index (χ2v) is 6.60. The number of carbonyl (C=O) groups is 1. The number of rotatable bonds is 6. The van der Waals surface area contributed by atoms with Gasteiger partial charge in [0.2, 0.25) is 0 Å². The Morgan fingerprint density at radius 3 is 2.61 bits per heavy atom. The molecule has 0 atom stereocenters. The molecule has 0 fully saturated rings. The summed E-state index contributed by atoms with van der Waals surface area (Å²) in [6, 6.07) is 10.2. The van der Waals surface area contributed by atoms with E-state index in [4.69, 9.17) is 27.9 Å². The summed E-state index contributed by atoms with van der Waals surface area (Å²) in [6.07, 6.45) is 2.06. The van der Waals surface area contributed by atoms with Gasteiger partial charge in [0.1, 0.15) is 5.75 Å². The Bertz CT molecular complexity index is 707. The van der Waals surface area contributed by atoms with Gasteiger partial charge < -0.3 is 10.1 Å². The highest BCUT2D eigenvalue weighted by molar-refractivity contribution is 9.10. The maximum Gasteiger partial charge on any atom is 0.255 e. The maximum atomic E-state index is 12.3. The van der Waals surface area contributed by atoms with Gasteiger partial charge in [0, 0.05) is 11.3 Å². The monoisotopic (exact) mass is 415 g/mol. The van der Waals surface area contributed by atoms with E-state index in [1.54, 1.807) is 36.4 Å². The van der Waals surface area contributed by atoms with Gasteiger partial charge in [0.25, 0.3) is 5.91 Å². The molecule has 0 aliphatic carbocycles. The number of ether oxygens (including phenoxy) is 1. The highest BCUT2D eigenvalue weighted by Gasteiger charge is 2.10. The molecule has 1 N–H and O–H groups in total. The zero-order valence-corrected chi connectivity index (χ0v) is 15.6. The van der Waals surface area contributed by atoms with E-state index in [2.05, 4.69) is 28.2 Å². The number of unbranched alkanes of at least 4 members (excludes halogenated alkanes) is 1. The molecule has 3 nitrogen and oxygen atoms in total. The van der Waals surface area contributed by atoms with Crippen LogP contribution in [0.2, 0.25) is 10.0 Å². The van der Waals surface area contributed by atoms with E-state index >= 15 is 0 Å². The number of benzene rings is 2. The fraction of sp³-hybridized carbons (Fsp3) is 0.235. The van der Waals surface area contributed by atoms with Crippen molar-refractivity contribution in [3.05, 3.63) is 56.5 Å². The second-order valence-electron chi connectivity index (χ2n) is 4.93. The first-order valence-corrected chi connectivity index (χ1v) is 8.75. The third-order valence-corrected chi connectivity index (χ3v) is 4.49. The van der Waals surface area contributed by atoms with E-state index in [0.29, 0.717) is 27.9 Å². The topological polar surface area (TPSA) is 38.3 Å². The van der Waals surface area contributed by atoms with Crippen molar-refractivity contribution >= 4 is 50.7 Å². The summed E-state index contributed by atoms with van der Waals surface area (Å²) in [7, 11) is 0. The first kappa shape index (κ1) is 18.1. The molecule has 0 unspecified atom stereocenters. The smallest absolute Gasteiger partial charge is 0.255 e. The molecule has 0 aliphatic heterocycles. The van der Waals surface area contributed by atoms with Gasteiger partial charge in [-0.1, -0.05) is 36.5 Å². The third kappa shape index (κ3) is 5.13. The summed E-state index contributed by atoms with van der Waals surface area (Å²) in [5, 5.41) is 3.62. The third-order valence-electron chi connectivity index (χ3n) is 3.13. The van der Waals surface area contributed by atoms with E-state index in [-0.39, 0.29) is 5.91 Å². The minimum absolute atomic E-state index is 0.232. The summed E-state index contributed by atoms with van der Waals surface area (Å²) in [4.78, 5) is 12.3. The van der Waals surface area contributed by atoms with Gasteiger partial charge >= 0.3 is 0 Å². The average Bonchev–Trinajstić information content (AvgIpc) is 2.52. The second kappa shape index (κ2) is 8.57. The van der Waals surface area contributed by atoms with Crippen molar-refractivity contribution in [3.63, 3.8) is 0 Å². The lowest BCUT2D eigenvalue weighted by molar-refractivity contribution is 0.102. The average molecular weight is 417 g/mol. The molecule has 0 spiro atoms. The van der Waals surface area contributed by atoms with Gasteiger partial charge in [0.05, 0.1) is 21.1 Å². The molecule has 0 saturated carbocycles. The molecule has 0 bridgehead atoms. The number of halogens is 3. The molecule has 0 heterocycles. The Morgan fingerprint density at radius 1 is 1.17 bits per heavy atom. The molecule has 122 valence electrons. The number of amides is 1. The maximum absolute atomic E-state index is 12.3. The summed E-state index contributed by atoms with van der Waals surface area (Å²) in [6.45, 7) is 2.76. The van der Waals surface area contributed by atoms with Gasteiger partial charge in [-0.25, -0.2) is 0 Å². The lowest BCUT2D eigenvalue weighted by Gasteiger charge is -2.10. The van der Waals surface area contributed by atoms with Crippen LogP contribution in [0.15, 0.2) is 40.9 Å². The molecule has 0 aliphatic rings. The Morgan fingerprint density at radius 2 is 1.96 bits per heavy atom. The van der Waals surface area contributed by atoms with Crippen LogP contribution in [0.5, 0.6) is 5.75 Å². The fourth-order valence-corrected chi connectivity index (χ4v) is 2.65. The molecule has 0 saturated heterocycles. The molecule has 23 heavy (non-hydrogen) atoms. The quantitative estimate of drug-likeness (QED) is 0.570. The van der Waals surface area contributed by atoms with E-state index in [1.165, 1.54) is 0 Å². The molecule has 6 heteroatoms. The molecular formula is C17H16BrCl2NO2. The van der Waals surface area contributed by atoms with Crippen molar-refractivity contribution in [2.75, 3.05) is 11.9 Å². The highest BCUT2D eigenvalue weighted by atomic mass is 79.9. The summed E-state index contributed by atoms with van der Waals surface area (Å²) >= 11 is 15.2. The SMILES string of the molecule is CCCCOc1ccc(C(=O)Nc2ccc(Cl)c(Cl)c2)cc1Br. The van der Waals surface area contributed by atoms with Crippen LogP contribution in [0, 0.1) is 0 Å². The molecule has 2 rings (SSSR count). The zero-order chi connectivity index (χ0) is 16.8. The first-order valence-electron chi connectivity index (χ1n) is 7.20. The summed E-state index contributed by atoms with van der Waals surface area (Å²) in [5.41, 5.74) is 1.11. The molecule has 2 aromatic rings. The van der Waals surface area contributed by atoms with Gasteiger partial charge in [-0.15, -0.1) is 0 Å². The number of hydrogen-bond acceptors (Lipinski definition) is 2. The van der Waals surface area contributed by atoms with Crippen LogP contribution >= 0.6 is 39.1 Å². The zero-order valence-electron chi connectivity index (χ0n) is 12.5. The Kier molecular flexibility index (Phi) is 6.75. The summed E-state index contributed by atoms with van der Waals surface area (Å²) < 4.78 is 6.39. The van der Waals surface area contributed by atoms with Crippen molar-refractivity contribution in [2.24, 2.45) is 0 Å². The van der Waals surface area contributed by atoms with Crippen LogP contribution in [0.3, 0.4) is 0 Å². The standard InChI is InChI=1S/C17H16BrCl2NO2/c1-2-3-8-23-16-7-4-11(9-13(16)18)17(22)21-12-5-6-14(19)15(20)10-12/h4-7,9-10H,2-3,8H2,1H3,(H,21,22). The van der Waals surface area contributed by atoms with Crippen molar-refractivity contribution in [2.45, 2.75) is 19.8 Å². The normalized spacial score (nSPS) is 10.4. The lowest BCUT2D eigenvalue weighted by atomic mass is 10.2. The van der Waals surface area contributed by atoms with E-state index < -0.39 is 0 Å². The number of hydrogen-bond donors (Lipinski definition) is 1. The van der Waals surface area contributed by atoms with Crippen molar-refractivity contribution in [3.8, 4) is 5.75 Å². The van der Waals surface area contributed by atoms with Crippen molar-refractivity contribution < 1.29 is 9.53 Å². The largest absolute Gasteiger partial charge is 0.492 e. The number of nitrogens with one attached hydrogen (secondary N) is 1. The van der Waals surface area contributed by atoms with Crippen LogP contribution in [-0.4, -0.2) is 12.5 Å². The van der Waals surface area contributed by atoms with Crippen molar-refractivity contribution in [1.29, 1.82) is 0 Å². The van der Waals surface area contributed by atoms with E-state index in [1.807, 2.05) is 0 Å². The molecule has 2 aromatic carbocycles. The van der Waals surface area contributed by atoms with Gasteiger partial charge in [0.15, 0.2) is 0 Å². The predicted octanol–water partition coefficient (Wildman–Crippen LogP) is 6.19. The lowest BCUT2D eigenvalue weighted by Crippen LogP contribution is -2.12. The van der Waals surface area contributed by atoms with E-state index in [9.17, 15) is 4.79 Å². The Hall–Kier alpha value is -1.23. The molecular weight excluding hydrogens is 401 g/mol.